The van der Waals surface area contributed by atoms with E-state index in [1.165, 1.54) is 0 Å². The second-order valence-electron chi connectivity index (χ2n) is 0.365. The van der Waals surface area contributed by atoms with Gasteiger partial charge in [-0.25, -0.2) is 0 Å². The maximum absolute atomic E-state index is 7.46. The molecule has 0 saturated heterocycles. The van der Waals surface area contributed by atoms with Crippen LogP contribution >= 0.6 is 0 Å². The second kappa shape index (κ2) is 144. The van der Waals surface area contributed by atoms with E-state index < -0.39 is 6.79 Å². The van der Waals surface area contributed by atoms with E-state index in [2.05, 4.69) is 6.92 Å². The van der Waals surface area contributed by atoms with E-state index in [9.17, 15) is 0 Å². The third-order valence-electron chi connectivity index (χ3n) is 0. The first-order chi connectivity index (χ1) is 2.83. The largest absolute Gasteiger partial charge is 3.00 e. The minimum absolute atomic E-state index is 0. The van der Waals surface area contributed by atoms with Crippen LogP contribution in [0.5, 0.6) is 0 Å². The quantitative estimate of drug-likeness (QED) is 0.333. The summed E-state index contributed by atoms with van der Waals surface area (Å²) < 4.78 is 0. The molecular formula is C7H21O3Ti2. The van der Waals surface area contributed by atoms with Crippen molar-refractivity contribution in [2.24, 2.45) is 0 Å². The van der Waals surface area contributed by atoms with Crippen LogP contribution in [0.1, 0.15) is 0 Å². The SMILES string of the molecule is OCO.[CH2-]CO.[CH3-].[CH3-].[CH3-].[CH3-].[Ti+2].[Ti+3]. The van der Waals surface area contributed by atoms with Crippen molar-refractivity contribution in [1.29, 1.82) is 0 Å². The molecular weight excluding hydrogens is 228 g/mol. The predicted octanol–water partition coefficient (Wildman–Crippen LogP) is 0.537. The number of hydrogen-bond donors (Lipinski definition) is 3. The molecule has 0 bridgehead atoms. The van der Waals surface area contributed by atoms with E-state index >= 15 is 0 Å². The van der Waals surface area contributed by atoms with Gasteiger partial charge in [-0.3, -0.25) is 0 Å². The van der Waals surface area contributed by atoms with Gasteiger partial charge in [0.05, 0.1) is 0 Å². The molecule has 0 saturated carbocycles. The molecule has 0 aromatic heterocycles. The average Bonchev–Trinajstić information content (AvgIpc) is 1.39. The second-order valence-corrected chi connectivity index (χ2v) is 0.365. The molecule has 0 atom stereocenters. The van der Waals surface area contributed by atoms with Gasteiger partial charge >= 0.3 is 43.4 Å². The van der Waals surface area contributed by atoms with Gasteiger partial charge in [0.1, 0.15) is 6.79 Å². The Kier molecular flexibility index (Phi) is 857. The molecule has 12 heavy (non-hydrogen) atoms. The maximum Gasteiger partial charge on any atom is 3.00 e. The Morgan fingerprint density at radius 2 is 0.833 bits per heavy atom. The van der Waals surface area contributed by atoms with Crippen LogP contribution < -0.4 is 0 Å². The summed E-state index contributed by atoms with van der Waals surface area (Å²) in [6.45, 7) is 2.29. The molecule has 3 N–H and O–H groups in total. The Labute approximate surface area is 108 Å². The zero-order valence-corrected chi connectivity index (χ0v) is 11.6. The minimum Gasteiger partial charge on any atom is -0.428 e. The van der Waals surface area contributed by atoms with E-state index in [4.69, 9.17) is 15.3 Å². The molecule has 5 heteroatoms. The first-order valence-corrected chi connectivity index (χ1v) is 1.45. The number of hydrogen-bond acceptors (Lipinski definition) is 3. The molecule has 0 spiro atoms. The molecule has 3 nitrogen and oxygen atoms in total. The Morgan fingerprint density at radius 3 is 0.833 bits per heavy atom. The van der Waals surface area contributed by atoms with Gasteiger partial charge in [0.25, 0.3) is 0 Å². The van der Waals surface area contributed by atoms with Crippen molar-refractivity contribution in [3.8, 4) is 0 Å². The van der Waals surface area contributed by atoms with Crippen molar-refractivity contribution < 1.29 is 58.8 Å². The van der Waals surface area contributed by atoms with Gasteiger partial charge in [-0.1, -0.05) is 6.61 Å². The summed E-state index contributed by atoms with van der Waals surface area (Å²) in [6, 6.07) is 0. The Morgan fingerprint density at radius 1 is 0.833 bits per heavy atom. The monoisotopic (exact) mass is 249 g/mol. The third-order valence-corrected chi connectivity index (χ3v) is 0. The molecule has 0 amide bonds. The zero-order valence-electron chi connectivity index (χ0n) is 8.46. The van der Waals surface area contributed by atoms with E-state index in [-0.39, 0.29) is 79.7 Å². The summed E-state index contributed by atoms with van der Waals surface area (Å²) in [4.78, 5) is 0. The smallest absolute Gasteiger partial charge is 0.428 e. The Hall–Kier alpha value is 1.31. The van der Waals surface area contributed by atoms with Gasteiger partial charge in [0, 0.05) is 0 Å². The molecule has 0 heterocycles. The topological polar surface area (TPSA) is 60.7 Å². The van der Waals surface area contributed by atoms with E-state index in [1.807, 2.05) is 0 Å². The van der Waals surface area contributed by atoms with Gasteiger partial charge in [-0.15, -0.1) is 0 Å². The van der Waals surface area contributed by atoms with Crippen LogP contribution in [-0.4, -0.2) is 28.7 Å². The van der Waals surface area contributed by atoms with Crippen molar-refractivity contribution in [2.45, 2.75) is 0 Å². The van der Waals surface area contributed by atoms with Crippen LogP contribution in [0.25, 0.3) is 0 Å². The Bertz CT molecular complexity index is 18.6. The molecule has 0 aliphatic carbocycles. The molecule has 0 aliphatic heterocycles. The molecule has 0 fully saturated rings. The zero-order chi connectivity index (χ0) is 5.41. The average molecular weight is 249 g/mol. The van der Waals surface area contributed by atoms with Crippen LogP contribution in [0.3, 0.4) is 0 Å². The van der Waals surface area contributed by atoms with Crippen molar-refractivity contribution in [3.05, 3.63) is 36.6 Å². The van der Waals surface area contributed by atoms with Gasteiger partial charge in [0.2, 0.25) is 0 Å². The summed E-state index contributed by atoms with van der Waals surface area (Å²) in [6.07, 6.45) is 0. The van der Waals surface area contributed by atoms with Crippen LogP contribution in [0.4, 0.5) is 0 Å². The van der Waals surface area contributed by atoms with Crippen molar-refractivity contribution >= 4 is 0 Å². The standard InChI is InChI=1S/C2H5O.CH4O2.4CH3.2Ti/c1-2-3;2-1-3;;;;;;/h3H,1-2H2;2-3H,1H2;4*1H3;;/q-1;;4*-1;+2;+3. The molecule has 0 rings (SSSR count). The fourth-order valence-corrected chi connectivity index (χ4v) is 0. The van der Waals surface area contributed by atoms with E-state index in [1.54, 1.807) is 0 Å². The molecule has 0 aliphatic rings. The fraction of sp³-hybridized carbons (Fsp3) is 0.286. The van der Waals surface area contributed by atoms with Crippen molar-refractivity contribution in [3.63, 3.8) is 0 Å². The summed E-state index contributed by atoms with van der Waals surface area (Å²) in [5.74, 6) is 0. The summed E-state index contributed by atoms with van der Waals surface area (Å²) in [5, 5.41) is 21.7. The van der Waals surface area contributed by atoms with Gasteiger partial charge < -0.3 is 51.9 Å². The van der Waals surface area contributed by atoms with E-state index in [0.29, 0.717) is 0 Å². The summed E-state index contributed by atoms with van der Waals surface area (Å²) in [5.41, 5.74) is 0. The fourth-order valence-electron chi connectivity index (χ4n) is 0. The van der Waals surface area contributed by atoms with Crippen molar-refractivity contribution in [2.75, 3.05) is 13.4 Å². The molecule has 0 unspecified atom stereocenters. The number of aliphatic hydroxyl groups excluding tert-OH is 2. The third kappa shape index (κ3) is 702. The summed E-state index contributed by atoms with van der Waals surface area (Å²) in [7, 11) is 0. The van der Waals surface area contributed by atoms with Gasteiger partial charge in [-0.2, -0.15) is 0 Å². The van der Waals surface area contributed by atoms with Crippen molar-refractivity contribution in [1.82, 2.24) is 0 Å². The maximum atomic E-state index is 7.46. The van der Waals surface area contributed by atoms with Crippen LogP contribution in [0, 0.1) is 36.6 Å². The first-order valence-electron chi connectivity index (χ1n) is 1.45. The number of aliphatic hydroxyl groups is 3. The molecule has 1 radical (unpaired) electrons. The molecule has 0 aromatic carbocycles. The van der Waals surface area contributed by atoms with E-state index in [0.717, 1.165) is 0 Å². The first kappa shape index (κ1) is 71.5. The van der Waals surface area contributed by atoms with Crippen LogP contribution in [0.2, 0.25) is 0 Å². The summed E-state index contributed by atoms with van der Waals surface area (Å²) >= 11 is 0. The van der Waals surface area contributed by atoms with Gasteiger partial charge in [0.15, 0.2) is 0 Å². The number of rotatable bonds is 0. The van der Waals surface area contributed by atoms with Crippen LogP contribution in [-0.2, 0) is 43.4 Å². The van der Waals surface area contributed by atoms with Gasteiger partial charge in [-0.05, 0) is 0 Å². The molecule has 75 valence electrons. The Balaban J connectivity index is -0.00000000296. The van der Waals surface area contributed by atoms with Crippen LogP contribution in [0.15, 0.2) is 0 Å². The predicted molar refractivity (Wildman–Crippen MR) is 47.4 cm³/mol. The normalized spacial score (nSPS) is 3.00. The molecule has 0 aromatic rings. The minimum atomic E-state index is -0.750.